The summed E-state index contributed by atoms with van der Waals surface area (Å²) in [5.41, 5.74) is 12.1. The van der Waals surface area contributed by atoms with Crippen LogP contribution in [-0.4, -0.2) is 0 Å². The number of anilines is 3. The zero-order valence-electron chi connectivity index (χ0n) is 26.3. The molecule has 0 aliphatic carbocycles. The second-order valence-electron chi connectivity index (χ2n) is 12.1. The van der Waals surface area contributed by atoms with Crippen molar-refractivity contribution in [2.45, 2.75) is 0 Å². The number of rotatable bonds is 6. The van der Waals surface area contributed by atoms with Crippen LogP contribution in [0.5, 0.6) is 0 Å². The van der Waals surface area contributed by atoms with Gasteiger partial charge in [-0.1, -0.05) is 146 Å². The number of para-hydroxylation sites is 2. The Labute approximate surface area is 279 Å². The Hall–Kier alpha value is -6.38. The fourth-order valence-electron chi connectivity index (χ4n) is 7.07. The van der Waals surface area contributed by atoms with E-state index in [4.69, 9.17) is 4.42 Å². The van der Waals surface area contributed by atoms with Crippen molar-refractivity contribution in [1.29, 1.82) is 0 Å². The molecule has 226 valence electrons. The molecule has 0 aliphatic heterocycles. The van der Waals surface area contributed by atoms with E-state index in [9.17, 15) is 0 Å². The molecule has 0 amide bonds. The van der Waals surface area contributed by atoms with E-state index >= 15 is 0 Å². The smallest absolute Gasteiger partial charge is 0.143 e. The van der Waals surface area contributed by atoms with Crippen LogP contribution in [0.3, 0.4) is 0 Å². The molecule has 48 heavy (non-hydrogen) atoms. The van der Waals surface area contributed by atoms with Crippen LogP contribution in [0.2, 0.25) is 0 Å². The molecule has 0 unspecified atom stereocenters. The van der Waals surface area contributed by atoms with Gasteiger partial charge in [0.1, 0.15) is 11.2 Å². The number of hydrogen-bond donors (Lipinski definition) is 0. The first kappa shape index (κ1) is 27.9. The molecule has 0 saturated carbocycles. The first-order chi connectivity index (χ1) is 23.8. The normalized spacial score (nSPS) is 11.3. The minimum absolute atomic E-state index is 0.862. The largest absolute Gasteiger partial charge is 0.455 e. The molecule has 8 aromatic carbocycles. The van der Waals surface area contributed by atoms with Crippen LogP contribution in [0.1, 0.15) is 0 Å². The molecule has 2 nitrogen and oxygen atoms in total. The Morgan fingerprint density at radius 3 is 1.73 bits per heavy atom. The SMILES string of the molecule is c1ccc(-c2cccc(-c3cc4c(oc5cccc(N(c6ccccc6)c6ccccc6-c6ccccc6)c54)c4ccccc34)c2)cc1. The van der Waals surface area contributed by atoms with Crippen molar-refractivity contribution in [2.75, 3.05) is 4.90 Å². The molecule has 0 spiro atoms. The number of hydrogen-bond acceptors (Lipinski definition) is 2. The quantitative estimate of drug-likeness (QED) is 0.185. The Bertz CT molecular complexity index is 2550. The molecule has 9 aromatic rings. The lowest BCUT2D eigenvalue weighted by molar-refractivity contribution is 0.672. The van der Waals surface area contributed by atoms with E-state index in [0.717, 1.165) is 50.0 Å². The molecule has 0 radical (unpaired) electrons. The van der Waals surface area contributed by atoms with Crippen molar-refractivity contribution >= 4 is 49.8 Å². The van der Waals surface area contributed by atoms with Crippen LogP contribution in [0.15, 0.2) is 192 Å². The van der Waals surface area contributed by atoms with Crippen molar-refractivity contribution in [2.24, 2.45) is 0 Å². The molecule has 0 saturated heterocycles. The summed E-state index contributed by atoms with van der Waals surface area (Å²) in [6.07, 6.45) is 0. The zero-order chi connectivity index (χ0) is 31.9. The van der Waals surface area contributed by atoms with Gasteiger partial charge in [-0.05, 0) is 75.7 Å². The van der Waals surface area contributed by atoms with E-state index in [1.54, 1.807) is 0 Å². The number of furan rings is 1. The molecule has 1 heterocycles. The summed E-state index contributed by atoms with van der Waals surface area (Å²) in [4.78, 5) is 2.38. The summed E-state index contributed by atoms with van der Waals surface area (Å²) in [7, 11) is 0. The van der Waals surface area contributed by atoms with E-state index in [-0.39, 0.29) is 0 Å². The second-order valence-corrected chi connectivity index (χ2v) is 12.1. The Kier molecular flexibility index (Phi) is 6.84. The Morgan fingerprint density at radius 1 is 0.354 bits per heavy atom. The van der Waals surface area contributed by atoms with Gasteiger partial charge in [0.2, 0.25) is 0 Å². The highest BCUT2D eigenvalue weighted by Crippen LogP contribution is 2.48. The third-order valence-corrected chi connectivity index (χ3v) is 9.25. The minimum atomic E-state index is 0.862. The van der Waals surface area contributed by atoms with E-state index in [1.165, 1.54) is 33.2 Å². The molecule has 0 aliphatic rings. The van der Waals surface area contributed by atoms with Gasteiger partial charge in [-0.15, -0.1) is 0 Å². The highest BCUT2D eigenvalue weighted by molar-refractivity contribution is 6.22. The van der Waals surface area contributed by atoms with E-state index in [2.05, 4.69) is 193 Å². The summed E-state index contributed by atoms with van der Waals surface area (Å²) in [6, 6.07) is 66.7. The van der Waals surface area contributed by atoms with Gasteiger partial charge >= 0.3 is 0 Å². The second kappa shape index (κ2) is 11.8. The maximum Gasteiger partial charge on any atom is 0.143 e. The molecule has 0 fully saturated rings. The van der Waals surface area contributed by atoms with Gasteiger partial charge in [0, 0.05) is 22.0 Å². The van der Waals surface area contributed by atoms with Gasteiger partial charge in [0.15, 0.2) is 0 Å². The predicted octanol–water partition coefficient (Wildman–Crippen LogP) is 13.2. The average molecular weight is 614 g/mol. The lowest BCUT2D eigenvalue weighted by Crippen LogP contribution is -2.11. The highest BCUT2D eigenvalue weighted by atomic mass is 16.3. The van der Waals surface area contributed by atoms with Gasteiger partial charge < -0.3 is 9.32 Å². The maximum atomic E-state index is 6.80. The highest BCUT2D eigenvalue weighted by Gasteiger charge is 2.23. The van der Waals surface area contributed by atoms with Crippen LogP contribution >= 0.6 is 0 Å². The molecule has 0 atom stereocenters. The maximum absolute atomic E-state index is 6.80. The third-order valence-electron chi connectivity index (χ3n) is 9.25. The van der Waals surface area contributed by atoms with E-state index < -0.39 is 0 Å². The van der Waals surface area contributed by atoms with Crippen LogP contribution < -0.4 is 4.90 Å². The lowest BCUT2D eigenvalue weighted by Gasteiger charge is -2.28. The van der Waals surface area contributed by atoms with Crippen LogP contribution in [0.4, 0.5) is 17.1 Å². The van der Waals surface area contributed by atoms with Gasteiger partial charge in [-0.2, -0.15) is 0 Å². The first-order valence-electron chi connectivity index (χ1n) is 16.4. The standard InChI is InChI=1S/C46H31NO/c1-4-16-32(17-5-1)34-20-14-21-35(30-34)40-31-41-45-43(28-15-29-44(45)48-46(41)39-26-11-10-25-38(39)40)47(36-22-8-3-9-23-36)42-27-13-12-24-37(42)33-18-6-2-7-19-33/h1-31H. The van der Waals surface area contributed by atoms with Crippen molar-refractivity contribution < 1.29 is 4.42 Å². The molecule has 1 aromatic heterocycles. The number of fused-ring (bicyclic) bond motifs is 5. The van der Waals surface area contributed by atoms with Crippen LogP contribution in [-0.2, 0) is 0 Å². The summed E-state index contributed by atoms with van der Waals surface area (Å²) >= 11 is 0. The molecule has 0 bridgehead atoms. The summed E-state index contributed by atoms with van der Waals surface area (Å²) in [6.45, 7) is 0. The van der Waals surface area contributed by atoms with Gasteiger partial charge in [0.25, 0.3) is 0 Å². The van der Waals surface area contributed by atoms with Gasteiger partial charge in [-0.3, -0.25) is 0 Å². The molecule has 2 heteroatoms. The molecule has 9 rings (SSSR count). The van der Waals surface area contributed by atoms with Crippen LogP contribution in [0, 0.1) is 0 Å². The molecular formula is C46H31NO. The topological polar surface area (TPSA) is 16.4 Å². The summed E-state index contributed by atoms with van der Waals surface area (Å²) in [5.74, 6) is 0. The zero-order valence-corrected chi connectivity index (χ0v) is 26.3. The van der Waals surface area contributed by atoms with Crippen molar-refractivity contribution in [3.8, 4) is 33.4 Å². The summed E-state index contributed by atoms with van der Waals surface area (Å²) < 4.78 is 6.80. The number of benzene rings is 8. The number of nitrogens with zero attached hydrogens (tertiary/aromatic N) is 1. The van der Waals surface area contributed by atoms with E-state index in [0.29, 0.717) is 0 Å². The minimum Gasteiger partial charge on any atom is -0.455 e. The molecular weight excluding hydrogens is 583 g/mol. The van der Waals surface area contributed by atoms with Crippen molar-refractivity contribution in [3.05, 3.63) is 188 Å². The summed E-state index contributed by atoms with van der Waals surface area (Å²) in [5, 5.41) is 4.46. The first-order valence-corrected chi connectivity index (χ1v) is 16.4. The van der Waals surface area contributed by atoms with Crippen LogP contribution in [0.25, 0.3) is 66.1 Å². The van der Waals surface area contributed by atoms with Gasteiger partial charge in [-0.25, -0.2) is 0 Å². The van der Waals surface area contributed by atoms with Crippen molar-refractivity contribution in [3.63, 3.8) is 0 Å². The van der Waals surface area contributed by atoms with E-state index in [1.807, 2.05) is 0 Å². The lowest BCUT2D eigenvalue weighted by atomic mass is 9.93. The monoisotopic (exact) mass is 613 g/mol. The Morgan fingerprint density at radius 2 is 0.938 bits per heavy atom. The molecule has 0 N–H and O–H groups in total. The Balaban J connectivity index is 1.34. The fourth-order valence-corrected chi connectivity index (χ4v) is 7.07. The van der Waals surface area contributed by atoms with Gasteiger partial charge in [0.05, 0.1) is 16.8 Å². The average Bonchev–Trinajstić information content (AvgIpc) is 3.56. The fraction of sp³-hybridized carbons (Fsp3) is 0. The predicted molar refractivity (Wildman–Crippen MR) is 202 cm³/mol. The third kappa shape index (κ3) is 4.74. The van der Waals surface area contributed by atoms with Crippen molar-refractivity contribution in [1.82, 2.24) is 0 Å².